The summed E-state index contributed by atoms with van der Waals surface area (Å²) in [6.45, 7) is 5.69. The molecule has 146 valence electrons. The Kier molecular flexibility index (Phi) is 5.58. The van der Waals surface area contributed by atoms with Crippen LogP contribution in [0.4, 0.5) is 5.88 Å². The molecule has 8 heteroatoms. The summed E-state index contributed by atoms with van der Waals surface area (Å²) in [6, 6.07) is 9.62. The fraction of sp³-hybridized carbons (Fsp3) is 0.300. The minimum Gasteiger partial charge on any atom is -0.365 e. The molecule has 0 radical (unpaired) electrons. The van der Waals surface area contributed by atoms with Crippen LogP contribution in [0.25, 0.3) is 16.9 Å². The first-order chi connectivity index (χ1) is 13.4. The molecule has 0 saturated heterocycles. The van der Waals surface area contributed by atoms with Crippen molar-refractivity contribution in [2.45, 2.75) is 40.0 Å². The number of aryl methyl sites for hydroxylation is 1. The van der Waals surface area contributed by atoms with Crippen molar-refractivity contribution in [3.63, 3.8) is 0 Å². The number of hydrogen-bond donors (Lipinski definition) is 2. The minimum atomic E-state index is -0.728. The lowest BCUT2D eigenvalue weighted by atomic mass is 10.1. The maximum Gasteiger partial charge on any atom is 0.256 e. The van der Waals surface area contributed by atoms with Gasteiger partial charge in [-0.3, -0.25) is 14.9 Å². The number of amides is 2. The van der Waals surface area contributed by atoms with Crippen molar-refractivity contribution in [1.29, 1.82) is 0 Å². The number of benzene rings is 1. The maximum atomic E-state index is 12.1. The summed E-state index contributed by atoms with van der Waals surface area (Å²) in [6.07, 6.45) is 1.95. The number of anilines is 1. The van der Waals surface area contributed by atoms with Crippen LogP contribution in [0.1, 0.15) is 47.9 Å². The van der Waals surface area contributed by atoms with E-state index >= 15 is 0 Å². The smallest absolute Gasteiger partial charge is 0.256 e. The van der Waals surface area contributed by atoms with Gasteiger partial charge in [-0.2, -0.15) is 5.10 Å². The Morgan fingerprint density at radius 3 is 2.57 bits per heavy atom. The third-order valence-electron chi connectivity index (χ3n) is 4.48. The fourth-order valence-corrected chi connectivity index (χ4v) is 3.11. The molecule has 0 aliphatic rings. The molecule has 8 nitrogen and oxygen atoms in total. The molecule has 3 N–H and O–H groups in total. The lowest BCUT2D eigenvalue weighted by Crippen LogP contribution is -2.17. The summed E-state index contributed by atoms with van der Waals surface area (Å²) in [5, 5.41) is 11.2. The van der Waals surface area contributed by atoms with Crippen LogP contribution in [0.3, 0.4) is 0 Å². The number of rotatable bonds is 7. The van der Waals surface area contributed by atoms with Crippen LogP contribution in [-0.4, -0.2) is 26.8 Å². The molecule has 2 amide bonds. The van der Waals surface area contributed by atoms with E-state index in [-0.39, 0.29) is 23.0 Å². The summed E-state index contributed by atoms with van der Waals surface area (Å²) in [5.74, 6) is -1.01. The highest BCUT2D eigenvalue weighted by Crippen LogP contribution is 2.34. The Morgan fingerprint density at radius 2 is 1.93 bits per heavy atom. The second-order valence-corrected chi connectivity index (χ2v) is 6.54. The third-order valence-corrected chi connectivity index (χ3v) is 4.48. The number of carbonyl (C=O) groups is 2. The molecule has 0 fully saturated rings. The number of nitrogens with one attached hydrogen (secondary N) is 1. The molecule has 0 aliphatic carbocycles. The number of para-hydroxylation sites is 1. The van der Waals surface area contributed by atoms with E-state index in [1.807, 2.05) is 51.1 Å². The molecule has 0 unspecified atom stereocenters. The molecule has 3 rings (SSSR count). The van der Waals surface area contributed by atoms with E-state index in [2.05, 4.69) is 15.6 Å². The topological polar surface area (TPSA) is 116 Å². The van der Waals surface area contributed by atoms with Crippen LogP contribution < -0.4 is 11.1 Å². The first kappa shape index (κ1) is 19.3. The highest BCUT2D eigenvalue weighted by atomic mass is 16.5. The van der Waals surface area contributed by atoms with E-state index in [0.717, 1.165) is 24.2 Å². The highest BCUT2D eigenvalue weighted by Gasteiger charge is 2.28. The van der Waals surface area contributed by atoms with E-state index in [1.165, 1.54) is 0 Å². The van der Waals surface area contributed by atoms with Crippen LogP contribution in [0, 0.1) is 13.8 Å². The Bertz CT molecular complexity index is 1000. The Hall–Kier alpha value is -3.42. The number of aromatic nitrogens is 3. The Balaban J connectivity index is 2.04. The van der Waals surface area contributed by atoms with Crippen molar-refractivity contribution in [3.05, 3.63) is 47.3 Å². The fourth-order valence-electron chi connectivity index (χ4n) is 3.11. The van der Waals surface area contributed by atoms with Crippen molar-refractivity contribution >= 4 is 17.7 Å². The van der Waals surface area contributed by atoms with E-state index < -0.39 is 5.91 Å². The highest BCUT2D eigenvalue weighted by molar-refractivity contribution is 6.06. The van der Waals surface area contributed by atoms with Crippen molar-refractivity contribution in [3.8, 4) is 16.9 Å². The monoisotopic (exact) mass is 381 g/mol. The van der Waals surface area contributed by atoms with E-state index in [9.17, 15) is 9.59 Å². The maximum absolute atomic E-state index is 12.1. The van der Waals surface area contributed by atoms with Gasteiger partial charge in [-0.1, -0.05) is 36.7 Å². The number of nitrogens with zero attached hydrogens (tertiary/aromatic N) is 3. The van der Waals surface area contributed by atoms with Crippen molar-refractivity contribution in [1.82, 2.24) is 14.9 Å². The Labute approximate surface area is 162 Å². The van der Waals surface area contributed by atoms with Gasteiger partial charge in [0.05, 0.1) is 17.1 Å². The molecule has 1 aromatic carbocycles. The third kappa shape index (κ3) is 3.66. The molecule has 0 bridgehead atoms. The lowest BCUT2D eigenvalue weighted by Gasteiger charge is -2.05. The standard InChI is InChI=1S/C20H23N5O3/c1-4-5-11-15(26)22-20-17(19(21)27)18(24-28-20)16-12(2)23-25(13(16)3)14-9-7-6-8-10-14/h6-10H,4-5,11H2,1-3H3,(H2,21,27)(H,22,26). The van der Waals surface area contributed by atoms with Crippen LogP contribution in [0.5, 0.6) is 0 Å². The van der Waals surface area contributed by atoms with Gasteiger partial charge in [-0.05, 0) is 32.4 Å². The first-order valence-corrected chi connectivity index (χ1v) is 9.15. The van der Waals surface area contributed by atoms with Gasteiger partial charge in [0.1, 0.15) is 11.3 Å². The normalized spacial score (nSPS) is 10.8. The van der Waals surface area contributed by atoms with E-state index in [1.54, 1.807) is 4.68 Å². The van der Waals surface area contributed by atoms with Gasteiger partial charge in [0, 0.05) is 12.0 Å². The molecule has 2 heterocycles. The molecular weight excluding hydrogens is 358 g/mol. The Morgan fingerprint density at radius 1 is 1.21 bits per heavy atom. The van der Waals surface area contributed by atoms with Gasteiger partial charge in [-0.25, -0.2) is 4.68 Å². The molecular formula is C20H23N5O3. The molecule has 0 saturated carbocycles. The minimum absolute atomic E-state index is 0.0325. The molecule has 0 aliphatic heterocycles. The van der Waals surface area contributed by atoms with Crippen LogP contribution >= 0.6 is 0 Å². The predicted molar refractivity (Wildman–Crippen MR) is 105 cm³/mol. The average molecular weight is 381 g/mol. The van der Waals surface area contributed by atoms with Gasteiger partial charge in [0.15, 0.2) is 0 Å². The second-order valence-electron chi connectivity index (χ2n) is 6.54. The number of primary amides is 1. The first-order valence-electron chi connectivity index (χ1n) is 9.15. The van der Waals surface area contributed by atoms with Crippen LogP contribution in [-0.2, 0) is 4.79 Å². The van der Waals surface area contributed by atoms with Crippen molar-refractivity contribution < 1.29 is 14.1 Å². The number of hydrogen-bond acceptors (Lipinski definition) is 5. The summed E-state index contributed by atoms with van der Waals surface area (Å²) < 4.78 is 7.03. The van der Waals surface area contributed by atoms with Crippen molar-refractivity contribution in [2.24, 2.45) is 5.73 Å². The SMILES string of the molecule is CCCCC(=O)Nc1onc(-c2c(C)nn(-c3ccccc3)c2C)c1C(N)=O. The van der Waals surface area contributed by atoms with Gasteiger partial charge >= 0.3 is 0 Å². The van der Waals surface area contributed by atoms with Crippen LogP contribution in [0.15, 0.2) is 34.9 Å². The van der Waals surface area contributed by atoms with Gasteiger partial charge < -0.3 is 10.3 Å². The molecule has 3 aromatic rings. The van der Waals surface area contributed by atoms with E-state index in [0.29, 0.717) is 17.7 Å². The molecule has 0 spiro atoms. The lowest BCUT2D eigenvalue weighted by molar-refractivity contribution is -0.116. The second kappa shape index (κ2) is 8.08. The van der Waals surface area contributed by atoms with Gasteiger partial charge in [0.25, 0.3) is 5.91 Å². The van der Waals surface area contributed by atoms with Gasteiger partial charge in [-0.15, -0.1) is 0 Å². The average Bonchev–Trinajstić information content (AvgIpc) is 3.20. The van der Waals surface area contributed by atoms with Gasteiger partial charge in [0.2, 0.25) is 11.8 Å². The summed E-state index contributed by atoms with van der Waals surface area (Å²) in [4.78, 5) is 24.2. The zero-order valence-electron chi connectivity index (χ0n) is 16.2. The summed E-state index contributed by atoms with van der Waals surface area (Å²) in [5.41, 5.74) is 8.87. The molecule has 0 atom stereocenters. The van der Waals surface area contributed by atoms with Crippen molar-refractivity contribution in [2.75, 3.05) is 5.32 Å². The zero-order valence-corrected chi connectivity index (χ0v) is 16.2. The molecule has 2 aromatic heterocycles. The number of carbonyl (C=O) groups excluding carboxylic acids is 2. The van der Waals surface area contributed by atoms with E-state index in [4.69, 9.17) is 10.3 Å². The largest absolute Gasteiger partial charge is 0.365 e. The number of nitrogens with two attached hydrogens (primary N) is 1. The molecule has 28 heavy (non-hydrogen) atoms. The zero-order chi connectivity index (χ0) is 20.3. The summed E-state index contributed by atoms with van der Waals surface area (Å²) >= 11 is 0. The number of unbranched alkanes of at least 4 members (excludes halogenated alkanes) is 1. The summed E-state index contributed by atoms with van der Waals surface area (Å²) in [7, 11) is 0. The van der Waals surface area contributed by atoms with Crippen LogP contribution in [0.2, 0.25) is 0 Å². The quantitative estimate of drug-likeness (QED) is 0.651. The predicted octanol–water partition coefficient (Wildman–Crippen LogP) is 3.37.